The maximum Gasteiger partial charge on any atom is 0.0582 e. The lowest BCUT2D eigenvalue weighted by atomic mass is 9.80. The van der Waals surface area contributed by atoms with Crippen LogP contribution in [0.5, 0.6) is 0 Å². The molecule has 0 spiro atoms. The summed E-state index contributed by atoms with van der Waals surface area (Å²) >= 11 is 0. The highest BCUT2D eigenvalue weighted by atomic mass is 16.3. The third-order valence-corrected chi connectivity index (χ3v) is 3.14. The van der Waals surface area contributed by atoms with E-state index in [-0.39, 0.29) is 6.10 Å². The van der Waals surface area contributed by atoms with Gasteiger partial charge in [0.1, 0.15) is 0 Å². The zero-order valence-corrected chi connectivity index (χ0v) is 6.87. The molecule has 3 atom stereocenters. The van der Waals surface area contributed by atoms with E-state index < -0.39 is 0 Å². The van der Waals surface area contributed by atoms with E-state index in [1.807, 2.05) is 0 Å². The van der Waals surface area contributed by atoms with Crippen molar-refractivity contribution in [3.8, 4) is 0 Å². The minimum atomic E-state index is -0.0412. The maximum absolute atomic E-state index is 9.64. The topological polar surface area (TPSA) is 23.5 Å². The molecule has 0 aromatic carbocycles. The zero-order chi connectivity index (χ0) is 7.84. The van der Waals surface area contributed by atoms with Gasteiger partial charge in [0.25, 0.3) is 0 Å². The number of hydrogen-bond donors (Lipinski definition) is 1. The Bertz CT molecular complexity index is 148. The molecule has 0 aromatic rings. The molecule has 0 unspecified atom stereocenters. The highest BCUT2D eigenvalue weighted by molar-refractivity contribution is 4.90. The summed E-state index contributed by atoms with van der Waals surface area (Å²) < 4.78 is 0. The van der Waals surface area contributed by atoms with Crippen molar-refractivity contribution in [1.82, 2.24) is 4.90 Å². The first-order chi connectivity index (χ1) is 5.27. The SMILES string of the molecule is [CH2-]N1C[C@H]2CCC[C@@H](O)[C@H]2C1. The van der Waals surface area contributed by atoms with E-state index in [4.69, 9.17) is 0 Å². The van der Waals surface area contributed by atoms with E-state index in [0.717, 1.165) is 25.4 Å². The summed E-state index contributed by atoms with van der Waals surface area (Å²) in [6, 6.07) is 0. The van der Waals surface area contributed by atoms with Crippen LogP contribution in [0, 0.1) is 18.9 Å². The second kappa shape index (κ2) is 2.76. The van der Waals surface area contributed by atoms with Crippen LogP contribution in [0.25, 0.3) is 0 Å². The van der Waals surface area contributed by atoms with Crippen molar-refractivity contribution in [3.63, 3.8) is 0 Å². The van der Waals surface area contributed by atoms with Gasteiger partial charge in [-0.1, -0.05) is 6.42 Å². The Morgan fingerprint density at radius 3 is 2.82 bits per heavy atom. The second-order valence-electron chi connectivity index (χ2n) is 3.96. The molecule has 0 aromatic heterocycles. The van der Waals surface area contributed by atoms with Crippen LogP contribution in [0.15, 0.2) is 0 Å². The molecule has 2 heteroatoms. The predicted molar refractivity (Wildman–Crippen MR) is 43.8 cm³/mol. The fourth-order valence-corrected chi connectivity index (χ4v) is 2.53. The number of hydrogen-bond acceptors (Lipinski definition) is 2. The summed E-state index contributed by atoms with van der Waals surface area (Å²) in [6.45, 7) is 2.10. The van der Waals surface area contributed by atoms with Gasteiger partial charge in [-0.25, -0.2) is 0 Å². The summed E-state index contributed by atoms with van der Waals surface area (Å²) in [5.41, 5.74) is 0. The molecule has 1 N–H and O–H groups in total. The van der Waals surface area contributed by atoms with Crippen LogP contribution in [-0.4, -0.2) is 29.2 Å². The van der Waals surface area contributed by atoms with E-state index in [2.05, 4.69) is 11.9 Å². The van der Waals surface area contributed by atoms with Crippen LogP contribution in [-0.2, 0) is 0 Å². The Morgan fingerprint density at radius 1 is 1.27 bits per heavy atom. The lowest BCUT2D eigenvalue weighted by molar-refractivity contribution is 0.0553. The fraction of sp³-hybridized carbons (Fsp3) is 0.889. The summed E-state index contributed by atoms with van der Waals surface area (Å²) in [5.74, 6) is 1.26. The van der Waals surface area contributed by atoms with E-state index >= 15 is 0 Å². The van der Waals surface area contributed by atoms with E-state index in [9.17, 15) is 5.11 Å². The Morgan fingerprint density at radius 2 is 2.09 bits per heavy atom. The van der Waals surface area contributed by atoms with E-state index in [0.29, 0.717) is 5.92 Å². The van der Waals surface area contributed by atoms with Crippen molar-refractivity contribution in [2.45, 2.75) is 25.4 Å². The van der Waals surface area contributed by atoms with Crippen LogP contribution < -0.4 is 0 Å². The molecule has 2 aliphatic rings. The number of aliphatic hydroxyl groups is 1. The molecule has 1 aliphatic carbocycles. The number of nitrogens with zero attached hydrogens (tertiary/aromatic N) is 1. The van der Waals surface area contributed by atoms with Gasteiger partial charge in [0.15, 0.2) is 0 Å². The van der Waals surface area contributed by atoms with Gasteiger partial charge in [-0.15, -0.1) is 0 Å². The molecule has 0 radical (unpaired) electrons. The average Bonchev–Trinajstić information content (AvgIpc) is 2.31. The van der Waals surface area contributed by atoms with Gasteiger partial charge >= 0.3 is 0 Å². The normalized spacial score (nSPS) is 45.8. The van der Waals surface area contributed by atoms with Crippen molar-refractivity contribution in [1.29, 1.82) is 0 Å². The molecule has 11 heavy (non-hydrogen) atoms. The highest BCUT2D eigenvalue weighted by Crippen LogP contribution is 2.35. The second-order valence-corrected chi connectivity index (χ2v) is 3.96. The standard InChI is InChI=1S/C9H16NO/c1-10-5-7-3-2-4-9(11)8(7)6-10/h7-9,11H,1-6H2/q-1/t7-,8+,9-/m1/s1. The summed E-state index contributed by atoms with van der Waals surface area (Å²) in [7, 11) is 3.92. The zero-order valence-electron chi connectivity index (χ0n) is 6.87. The Kier molecular flexibility index (Phi) is 1.90. The molecular formula is C9H16NO-. The van der Waals surface area contributed by atoms with Crippen LogP contribution >= 0.6 is 0 Å². The van der Waals surface area contributed by atoms with Gasteiger partial charge < -0.3 is 10.0 Å². The number of aliphatic hydroxyl groups excluding tert-OH is 1. The predicted octanol–water partition coefficient (Wildman–Crippen LogP) is 0.871. The van der Waals surface area contributed by atoms with Gasteiger partial charge in [0.05, 0.1) is 6.10 Å². The van der Waals surface area contributed by atoms with Crippen molar-refractivity contribution in [2.75, 3.05) is 13.1 Å². The quantitative estimate of drug-likeness (QED) is 0.523. The molecule has 1 heterocycles. The van der Waals surface area contributed by atoms with Gasteiger partial charge in [-0.3, -0.25) is 7.05 Å². The first-order valence-electron chi connectivity index (χ1n) is 4.51. The molecule has 1 saturated carbocycles. The lowest BCUT2D eigenvalue weighted by Crippen LogP contribution is -2.31. The summed E-state index contributed by atoms with van der Waals surface area (Å²) in [4.78, 5) is 2.10. The Labute approximate surface area is 68.2 Å². The Balaban J connectivity index is 2.03. The molecule has 2 fully saturated rings. The molecule has 64 valence electrons. The summed E-state index contributed by atoms with van der Waals surface area (Å²) in [6.07, 6.45) is 3.47. The first-order valence-corrected chi connectivity index (χ1v) is 4.51. The van der Waals surface area contributed by atoms with Crippen molar-refractivity contribution in [2.24, 2.45) is 11.8 Å². The minimum absolute atomic E-state index is 0.0412. The van der Waals surface area contributed by atoms with Crippen LogP contribution in [0.1, 0.15) is 19.3 Å². The van der Waals surface area contributed by atoms with E-state index in [1.165, 1.54) is 12.8 Å². The van der Waals surface area contributed by atoms with Crippen LogP contribution in [0.2, 0.25) is 0 Å². The van der Waals surface area contributed by atoms with Crippen LogP contribution in [0.4, 0.5) is 0 Å². The molecular weight excluding hydrogens is 138 g/mol. The third-order valence-electron chi connectivity index (χ3n) is 3.14. The molecule has 0 amide bonds. The molecule has 2 nitrogen and oxygen atoms in total. The third kappa shape index (κ3) is 1.30. The van der Waals surface area contributed by atoms with E-state index in [1.54, 1.807) is 0 Å². The smallest absolute Gasteiger partial charge is 0.0582 e. The van der Waals surface area contributed by atoms with Gasteiger partial charge in [-0.2, -0.15) is 0 Å². The van der Waals surface area contributed by atoms with Crippen LogP contribution in [0.3, 0.4) is 0 Å². The van der Waals surface area contributed by atoms with Gasteiger partial charge in [0, 0.05) is 0 Å². The lowest BCUT2D eigenvalue weighted by Gasteiger charge is -2.29. The highest BCUT2D eigenvalue weighted by Gasteiger charge is 2.35. The van der Waals surface area contributed by atoms with Gasteiger partial charge in [-0.05, 0) is 37.8 Å². The molecule has 1 saturated heterocycles. The maximum atomic E-state index is 9.64. The van der Waals surface area contributed by atoms with Crippen molar-refractivity contribution in [3.05, 3.63) is 7.05 Å². The Hall–Kier alpha value is -0.0800. The molecule has 0 bridgehead atoms. The summed E-state index contributed by atoms with van der Waals surface area (Å²) in [5, 5.41) is 9.64. The van der Waals surface area contributed by atoms with Gasteiger partial charge in [0.2, 0.25) is 0 Å². The number of rotatable bonds is 0. The number of likely N-dealkylation sites (tertiary alicyclic amines) is 1. The number of fused-ring (bicyclic) bond motifs is 1. The minimum Gasteiger partial charge on any atom is -0.459 e. The average molecular weight is 154 g/mol. The monoisotopic (exact) mass is 154 g/mol. The first kappa shape index (κ1) is 7.56. The fourth-order valence-electron chi connectivity index (χ4n) is 2.53. The van der Waals surface area contributed by atoms with Crippen molar-refractivity contribution < 1.29 is 5.11 Å². The van der Waals surface area contributed by atoms with Crippen molar-refractivity contribution >= 4 is 0 Å². The largest absolute Gasteiger partial charge is 0.459 e. The molecule has 2 rings (SSSR count). The molecule has 1 aliphatic heterocycles.